The third kappa shape index (κ3) is 6.29. The fraction of sp³-hybridized carbons (Fsp3) is 0.875. The third-order valence-corrected chi connectivity index (χ3v) is 2.07. The minimum atomic E-state index is -5.19. The number of carbonyl (C=O) groups is 1. The molecule has 4 nitrogen and oxygen atoms in total. The summed E-state index contributed by atoms with van der Waals surface area (Å²) in [7, 11) is 2.18. The van der Waals surface area contributed by atoms with Gasteiger partial charge < -0.3 is 14.8 Å². The van der Waals surface area contributed by atoms with Gasteiger partial charge in [-0.15, -0.1) is 0 Å². The molecular weight excluding hydrogens is 213 g/mol. The Balaban J connectivity index is 0.000000265. The molecule has 15 heavy (non-hydrogen) atoms. The van der Waals surface area contributed by atoms with E-state index < -0.39 is 12.1 Å². The molecule has 1 N–H and O–H groups in total. The number of rotatable bonds is 1. The third-order valence-electron chi connectivity index (χ3n) is 2.07. The molecule has 0 saturated carbocycles. The van der Waals surface area contributed by atoms with Gasteiger partial charge in [0.2, 0.25) is 0 Å². The minimum Gasteiger partial charge on any atom is -0.542 e. The number of likely N-dealkylation sites (N-methyl/N-ethyl adjacent to an activating group) is 2. The number of hydrogen-bond acceptors (Lipinski definition) is 3. The highest BCUT2D eigenvalue weighted by Gasteiger charge is 2.28. The number of aliphatic carboxylic acids is 1. The zero-order valence-corrected chi connectivity index (χ0v) is 8.73. The highest BCUT2D eigenvalue weighted by molar-refractivity contribution is 5.70. The molecule has 1 aliphatic heterocycles. The van der Waals surface area contributed by atoms with Crippen molar-refractivity contribution in [2.24, 2.45) is 0 Å². The summed E-state index contributed by atoms with van der Waals surface area (Å²) in [6.07, 6.45) is -5.19. The molecule has 1 heterocycles. The number of carboxylic acid groups (broad SMARTS) is 1. The summed E-state index contributed by atoms with van der Waals surface area (Å²) in [5.41, 5.74) is 0. The summed E-state index contributed by atoms with van der Waals surface area (Å²) in [5, 5.41) is 8.78. The van der Waals surface area contributed by atoms with Crippen LogP contribution in [0.5, 0.6) is 0 Å². The zero-order chi connectivity index (χ0) is 12.1. The first-order chi connectivity index (χ1) is 6.77. The van der Waals surface area contributed by atoms with E-state index in [2.05, 4.69) is 18.9 Å². The van der Waals surface area contributed by atoms with Crippen molar-refractivity contribution in [1.29, 1.82) is 0 Å². The second kappa shape index (κ2) is 5.92. The molecule has 1 fully saturated rings. The largest absolute Gasteiger partial charge is 0.542 e. The Morgan fingerprint density at radius 3 is 2.13 bits per heavy atom. The highest BCUT2D eigenvalue weighted by atomic mass is 19.4. The van der Waals surface area contributed by atoms with Gasteiger partial charge in [-0.25, -0.2) is 0 Å². The normalized spacial score (nSPS) is 22.1. The van der Waals surface area contributed by atoms with Crippen molar-refractivity contribution in [1.82, 2.24) is 4.90 Å². The molecule has 90 valence electrons. The molecule has 0 amide bonds. The summed E-state index contributed by atoms with van der Waals surface area (Å²) < 4.78 is 31.5. The number of carboxylic acids is 1. The lowest BCUT2D eigenvalue weighted by atomic mass is 10.6. The highest BCUT2D eigenvalue weighted by Crippen LogP contribution is 2.11. The van der Waals surface area contributed by atoms with Crippen LogP contribution in [-0.4, -0.2) is 50.4 Å². The van der Waals surface area contributed by atoms with Crippen molar-refractivity contribution in [2.45, 2.75) is 13.1 Å². The van der Waals surface area contributed by atoms with E-state index in [0.29, 0.717) is 0 Å². The van der Waals surface area contributed by atoms with E-state index in [0.717, 1.165) is 0 Å². The molecule has 0 aromatic rings. The zero-order valence-electron chi connectivity index (χ0n) is 8.73. The second-order valence-corrected chi connectivity index (χ2v) is 3.38. The molecule has 0 aromatic heterocycles. The van der Waals surface area contributed by atoms with Crippen LogP contribution in [0.15, 0.2) is 0 Å². The molecule has 0 aromatic carbocycles. The number of carbonyl (C=O) groups excluding carboxylic acids is 1. The van der Waals surface area contributed by atoms with Gasteiger partial charge in [0.1, 0.15) is 12.6 Å². The van der Waals surface area contributed by atoms with E-state index in [1.807, 2.05) is 0 Å². The molecule has 7 heteroatoms. The lowest BCUT2D eigenvalue weighted by Gasteiger charge is -2.07. The summed E-state index contributed by atoms with van der Waals surface area (Å²) in [4.78, 5) is 12.9. The van der Waals surface area contributed by atoms with Crippen molar-refractivity contribution in [3.63, 3.8) is 0 Å². The maximum atomic E-state index is 10.5. The van der Waals surface area contributed by atoms with Gasteiger partial charge in [-0.2, -0.15) is 13.2 Å². The summed E-state index contributed by atoms with van der Waals surface area (Å²) in [6.45, 7) is 7.39. The number of alkyl halides is 3. The average Bonchev–Trinajstić information content (AvgIpc) is 2.50. The molecule has 1 saturated heterocycles. The second-order valence-electron chi connectivity index (χ2n) is 3.38. The van der Waals surface area contributed by atoms with Gasteiger partial charge in [-0.05, 0) is 14.0 Å². The van der Waals surface area contributed by atoms with Gasteiger partial charge in [0.05, 0.1) is 19.6 Å². The maximum absolute atomic E-state index is 10.5. The van der Waals surface area contributed by atoms with Crippen LogP contribution in [0.1, 0.15) is 6.92 Å². The van der Waals surface area contributed by atoms with Crippen molar-refractivity contribution >= 4 is 5.97 Å². The van der Waals surface area contributed by atoms with Crippen LogP contribution in [-0.2, 0) is 4.79 Å². The van der Waals surface area contributed by atoms with Crippen molar-refractivity contribution in [3.8, 4) is 0 Å². The van der Waals surface area contributed by atoms with Crippen LogP contribution >= 0.6 is 0 Å². The quantitative estimate of drug-likeness (QED) is 0.570. The molecular formula is C8H15F3N2O2. The Kier molecular flexibility index (Phi) is 5.59. The molecule has 0 bridgehead atoms. The van der Waals surface area contributed by atoms with E-state index in [-0.39, 0.29) is 0 Å². The molecule has 0 spiro atoms. The van der Waals surface area contributed by atoms with Gasteiger partial charge in [0.15, 0.2) is 0 Å². The molecule has 0 radical (unpaired) electrons. The predicted molar refractivity (Wildman–Crippen MR) is 44.9 cm³/mol. The van der Waals surface area contributed by atoms with Crippen LogP contribution in [0.3, 0.4) is 0 Å². The number of halogens is 3. The van der Waals surface area contributed by atoms with Crippen molar-refractivity contribution in [3.05, 3.63) is 0 Å². The first kappa shape index (κ1) is 14.2. The van der Waals surface area contributed by atoms with E-state index in [1.165, 1.54) is 26.3 Å². The van der Waals surface area contributed by atoms with Crippen LogP contribution < -0.4 is 10.0 Å². The fourth-order valence-electron chi connectivity index (χ4n) is 1.18. The maximum Gasteiger partial charge on any atom is 0.430 e. The fourth-order valence-corrected chi connectivity index (χ4v) is 1.18. The average molecular weight is 228 g/mol. The Morgan fingerprint density at radius 2 is 2.00 bits per heavy atom. The molecule has 0 aliphatic carbocycles. The summed E-state index contributed by atoms with van der Waals surface area (Å²) >= 11 is 0. The Hall–Kier alpha value is -0.820. The molecule has 1 atom stereocenters. The topological polar surface area (TPSA) is 47.8 Å². The number of nitrogens with zero attached hydrogens (tertiary/aromatic N) is 1. The van der Waals surface area contributed by atoms with Gasteiger partial charge >= 0.3 is 6.18 Å². The van der Waals surface area contributed by atoms with Crippen LogP contribution in [0, 0.1) is 0 Å². The van der Waals surface area contributed by atoms with E-state index in [9.17, 15) is 13.2 Å². The van der Waals surface area contributed by atoms with Gasteiger partial charge in [-0.1, -0.05) is 0 Å². The molecule has 1 aliphatic rings. The lowest BCUT2D eigenvalue weighted by Crippen LogP contribution is -3.10. The van der Waals surface area contributed by atoms with E-state index >= 15 is 0 Å². The standard InChI is InChI=1S/C6H14N2.C2HF3O2/c1-3-8-5-4-7(2)6-8;3-2(4,5)1(6)7/h3-6H2,1-2H3;(H,6,7). The molecule has 1 rings (SSSR count). The van der Waals surface area contributed by atoms with Crippen molar-refractivity contribution in [2.75, 3.05) is 33.4 Å². The predicted octanol–water partition coefficient (Wildman–Crippen LogP) is -1.91. The minimum absolute atomic E-state index is 1.25. The lowest BCUT2D eigenvalue weighted by molar-refractivity contribution is -0.889. The SMILES string of the molecule is CC[NH+]1CCN(C)C1.O=C([O-])C(F)(F)F. The van der Waals surface area contributed by atoms with Crippen molar-refractivity contribution < 1.29 is 28.0 Å². The van der Waals surface area contributed by atoms with E-state index in [1.54, 1.807) is 4.90 Å². The Labute approximate surface area is 86.3 Å². The van der Waals surface area contributed by atoms with Crippen LogP contribution in [0.25, 0.3) is 0 Å². The first-order valence-corrected chi connectivity index (χ1v) is 4.57. The Morgan fingerprint density at radius 1 is 1.53 bits per heavy atom. The number of quaternary nitrogens is 1. The van der Waals surface area contributed by atoms with Gasteiger partial charge in [0.25, 0.3) is 0 Å². The Bertz CT molecular complexity index is 209. The smallest absolute Gasteiger partial charge is 0.430 e. The molecule has 1 unspecified atom stereocenters. The summed E-state index contributed by atoms with van der Waals surface area (Å²) in [5.74, 6) is -3.01. The summed E-state index contributed by atoms with van der Waals surface area (Å²) in [6, 6.07) is 0. The monoisotopic (exact) mass is 228 g/mol. The van der Waals surface area contributed by atoms with Crippen LogP contribution in [0.4, 0.5) is 13.2 Å². The van der Waals surface area contributed by atoms with E-state index in [4.69, 9.17) is 9.90 Å². The van der Waals surface area contributed by atoms with Crippen LogP contribution in [0.2, 0.25) is 0 Å². The van der Waals surface area contributed by atoms with Gasteiger partial charge in [0, 0.05) is 0 Å². The van der Waals surface area contributed by atoms with Gasteiger partial charge in [-0.3, -0.25) is 4.90 Å². The first-order valence-electron chi connectivity index (χ1n) is 4.57. The number of nitrogens with one attached hydrogen (secondary N) is 1. The number of hydrogen-bond donors (Lipinski definition) is 1.